The molecule has 126 valence electrons. The minimum atomic E-state index is -0.754. The number of imidazole rings is 1. The number of aromatic nitrogens is 4. The zero-order chi connectivity index (χ0) is 16.9. The molecule has 4 rings (SSSR count). The molecule has 0 aliphatic carbocycles. The van der Waals surface area contributed by atoms with E-state index >= 15 is 0 Å². The van der Waals surface area contributed by atoms with Crippen molar-refractivity contribution in [2.75, 3.05) is 12.3 Å². The predicted octanol–water partition coefficient (Wildman–Crippen LogP) is 1.14. The fourth-order valence-corrected chi connectivity index (χ4v) is 3.20. The lowest BCUT2D eigenvalue weighted by Crippen LogP contribution is -2.31. The highest BCUT2D eigenvalue weighted by Gasteiger charge is 2.55. The van der Waals surface area contributed by atoms with Crippen LogP contribution in [0.25, 0.3) is 21.6 Å². The molecule has 11 nitrogen and oxygen atoms in total. The largest absolute Gasteiger partial charge is 0.382 e. The van der Waals surface area contributed by atoms with Gasteiger partial charge >= 0.3 is 0 Å². The number of nitrogens with two attached hydrogens (primary N) is 1. The Bertz CT molecular complexity index is 830. The van der Waals surface area contributed by atoms with Crippen LogP contribution in [0, 0.1) is 0 Å². The van der Waals surface area contributed by atoms with Crippen molar-refractivity contribution in [3.8, 4) is 0 Å². The van der Waals surface area contributed by atoms with Crippen LogP contribution in [0.3, 0.4) is 0 Å². The number of azide groups is 1. The second kappa shape index (κ2) is 5.28. The quantitative estimate of drug-likeness (QED) is 0.503. The molecule has 2 aromatic rings. The van der Waals surface area contributed by atoms with Crippen LogP contribution in [0.1, 0.15) is 20.1 Å². The van der Waals surface area contributed by atoms with Crippen molar-refractivity contribution in [2.45, 2.75) is 44.2 Å². The zero-order valence-electron chi connectivity index (χ0n) is 13.1. The summed E-state index contributed by atoms with van der Waals surface area (Å²) in [6, 6.07) is 0. The third-order valence-electron chi connectivity index (χ3n) is 4.11. The first kappa shape index (κ1) is 15.1. The van der Waals surface area contributed by atoms with E-state index in [-0.39, 0.29) is 18.8 Å². The molecule has 0 radical (unpaired) electrons. The molecule has 2 fully saturated rings. The third-order valence-corrected chi connectivity index (χ3v) is 4.11. The normalized spacial score (nSPS) is 31.1. The van der Waals surface area contributed by atoms with Gasteiger partial charge in [0.25, 0.3) is 0 Å². The Labute approximate surface area is 136 Å². The Balaban J connectivity index is 1.74. The Morgan fingerprint density at radius 3 is 2.92 bits per heavy atom. The number of hydrogen-bond acceptors (Lipinski definition) is 8. The predicted molar refractivity (Wildman–Crippen MR) is 81.5 cm³/mol. The van der Waals surface area contributed by atoms with Gasteiger partial charge in [-0.1, -0.05) is 5.11 Å². The monoisotopic (exact) mass is 332 g/mol. The van der Waals surface area contributed by atoms with Crippen LogP contribution in [-0.4, -0.2) is 50.2 Å². The summed E-state index contributed by atoms with van der Waals surface area (Å²) in [5.74, 6) is -0.459. The second-order valence-electron chi connectivity index (χ2n) is 6.13. The summed E-state index contributed by atoms with van der Waals surface area (Å²) in [6.45, 7) is 3.82. The topological polar surface area (TPSA) is 146 Å². The maximum absolute atomic E-state index is 8.58. The summed E-state index contributed by atoms with van der Waals surface area (Å²) < 4.78 is 19.7. The van der Waals surface area contributed by atoms with Crippen molar-refractivity contribution in [3.05, 3.63) is 23.1 Å². The molecule has 2 saturated heterocycles. The first-order valence-electron chi connectivity index (χ1n) is 7.45. The van der Waals surface area contributed by atoms with Crippen LogP contribution in [0.2, 0.25) is 0 Å². The molecular weight excluding hydrogens is 316 g/mol. The maximum Gasteiger partial charge on any atom is 0.167 e. The summed E-state index contributed by atoms with van der Waals surface area (Å²) in [4.78, 5) is 15.2. The van der Waals surface area contributed by atoms with Gasteiger partial charge in [-0.25, -0.2) is 15.0 Å². The lowest BCUT2D eigenvalue weighted by molar-refractivity contribution is -0.195. The second-order valence-corrected chi connectivity index (χ2v) is 6.13. The standard InChI is InChI=1S/C13H16N8O3/c1-13(2)23-8-6(3-19-20-15)22-12(9(8)24-13)21-5-18-7-10(14)16-4-17-11(7)21/h4-6,8-9,12H,3H2,1-2H3,(H2,14,16,17)/t6-,8-,9-,12-/m1/s1. The fraction of sp³-hybridized carbons (Fsp3) is 0.615. The molecule has 0 saturated carbocycles. The minimum absolute atomic E-state index is 0.150. The fourth-order valence-electron chi connectivity index (χ4n) is 3.20. The van der Waals surface area contributed by atoms with E-state index in [1.54, 1.807) is 10.9 Å². The van der Waals surface area contributed by atoms with Crippen molar-refractivity contribution >= 4 is 17.0 Å². The highest BCUT2D eigenvalue weighted by Crippen LogP contribution is 2.43. The average Bonchev–Trinajstić information content (AvgIpc) is 3.17. The van der Waals surface area contributed by atoms with E-state index in [2.05, 4.69) is 25.0 Å². The summed E-state index contributed by atoms with van der Waals surface area (Å²) in [5, 5.41) is 3.60. The van der Waals surface area contributed by atoms with Crippen molar-refractivity contribution in [1.29, 1.82) is 0 Å². The Morgan fingerprint density at radius 2 is 2.12 bits per heavy atom. The van der Waals surface area contributed by atoms with Gasteiger partial charge in [0.15, 0.2) is 23.5 Å². The Morgan fingerprint density at radius 1 is 1.33 bits per heavy atom. The Kier molecular flexibility index (Phi) is 3.32. The minimum Gasteiger partial charge on any atom is -0.382 e. The molecule has 4 heterocycles. The van der Waals surface area contributed by atoms with Gasteiger partial charge in [0.2, 0.25) is 0 Å². The van der Waals surface area contributed by atoms with Crippen LogP contribution in [-0.2, 0) is 14.2 Å². The van der Waals surface area contributed by atoms with Gasteiger partial charge in [-0.2, -0.15) is 0 Å². The van der Waals surface area contributed by atoms with Crippen molar-refractivity contribution in [2.24, 2.45) is 5.11 Å². The van der Waals surface area contributed by atoms with Gasteiger partial charge in [-0.3, -0.25) is 4.57 Å². The maximum atomic E-state index is 8.58. The highest BCUT2D eigenvalue weighted by atomic mass is 16.8. The molecule has 0 spiro atoms. The van der Waals surface area contributed by atoms with E-state index in [4.69, 9.17) is 25.5 Å². The first-order chi connectivity index (χ1) is 11.5. The van der Waals surface area contributed by atoms with E-state index < -0.39 is 18.1 Å². The van der Waals surface area contributed by atoms with Gasteiger partial charge in [0, 0.05) is 4.91 Å². The molecule has 2 aromatic heterocycles. The summed E-state index contributed by atoms with van der Waals surface area (Å²) in [7, 11) is 0. The van der Waals surface area contributed by atoms with Gasteiger partial charge in [-0.15, -0.1) is 0 Å². The summed E-state index contributed by atoms with van der Waals surface area (Å²) in [5.41, 5.74) is 15.4. The van der Waals surface area contributed by atoms with Crippen LogP contribution in [0.15, 0.2) is 17.8 Å². The number of hydrogen-bond donors (Lipinski definition) is 1. The number of anilines is 1. The lowest BCUT2D eigenvalue weighted by atomic mass is 10.1. The number of fused-ring (bicyclic) bond motifs is 2. The van der Waals surface area contributed by atoms with Crippen molar-refractivity contribution < 1.29 is 14.2 Å². The van der Waals surface area contributed by atoms with Crippen LogP contribution >= 0.6 is 0 Å². The molecule has 2 aliphatic rings. The molecule has 11 heteroatoms. The number of nitrogens with zero attached hydrogens (tertiary/aromatic N) is 7. The molecule has 2 aliphatic heterocycles. The summed E-state index contributed by atoms with van der Waals surface area (Å²) in [6.07, 6.45) is 1.28. The highest BCUT2D eigenvalue weighted by molar-refractivity contribution is 5.81. The van der Waals surface area contributed by atoms with E-state index in [0.717, 1.165) is 0 Å². The third kappa shape index (κ3) is 2.26. The molecule has 0 bridgehead atoms. The summed E-state index contributed by atoms with van der Waals surface area (Å²) >= 11 is 0. The molecule has 0 aromatic carbocycles. The van der Waals surface area contributed by atoms with Crippen molar-refractivity contribution in [1.82, 2.24) is 19.5 Å². The van der Waals surface area contributed by atoms with Crippen molar-refractivity contribution in [3.63, 3.8) is 0 Å². The first-order valence-corrected chi connectivity index (χ1v) is 7.45. The van der Waals surface area contributed by atoms with Gasteiger partial charge in [0.1, 0.15) is 24.1 Å². The SMILES string of the molecule is CC1(C)O[C@@H]2[C@H](O1)[C@@H](CN=[N+]=[N-])O[C@H]2n1cnc2c(N)ncnc21. The average molecular weight is 332 g/mol. The van der Waals surface area contributed by atoms with Gasteiger partial charge < -0.3 is 19.9 Å². The van der Waals surface area contributed by atoms with E-state index in [1.807, 2.05) is 13.8 Å². The van der Waals surface area contributed by atoms with E-state index in [0.29, 0.717) is 17.0 Å². The lowest BCUT2D eigenvalue weighted by Gasteiger charge is -2.24. The zero-order valence-corrected chi connectivity index (χ0v) is 13.1. The van der Waals surface area contributed by atoms with E-state index in [9.17, 15) is 0 Å². The molecule has 0 amide bonds. The molecule has 24 heavy (non-hydrogen) atoms. The Hall–Kier alpha value is -2.46. The van der Waals surface area contributed by atoms with Gasteiger partial charge in [-0.05, 0) is 19.4 Å². The van der Waals surface area contributed by atoms with Gasteiger partial charge in [0.05, 0.1) is 19.0 Å². The molecule has 4 atom stereocenters. The molecular formula is C13H16N8O3. The van der Waals surface area contributed by atoms with Crippen LogP contribution < -0.4 is 5.73 Å². The number of nitrogen functional groups attached to an aromatic ring is 1. The molecule has 2 N–H and O–H groups in total. The number of ether oxygens (including phenoxy) is 3. The smallest absolute Gasteiger partial charge is 0.167 e. The van der Waals surface area contributed by atoms with E-state index in [1.165, 1.54) is 6.33 Å². The number of rotatable bonds is 3. The van der Waals surface area contributed by atoms with Crippen LogP contribution in [0.5, 0.6) is 0 Å². The van der Waals surface area contributed by atoms with Crippen LogP contribution in [0.4, 0.5) is 5.82 Å². The molecule has 0 unspecified atom stereocenters.